The third-order valence-electron chi connectivity index (χ3n) is 2.15. The van der Waals surface area contributed by atoms with E-state index in [0.29, 0.717) is 5.02 Å². The molecule has 0 saturated carbocycles. The van der Waals surface area contributed by atoms with Crippen molar-refractivity contribution >= 4 is 17.4 Å². The van der Waals surface area contributed by atoms with E-state index in [-0.39, 0.29) is 11.4 Å². The zero-order valence-electron chi connectivity index (χ0n) is 8.56. The summed E-state index contributed by atoms with van der Waals surface area (Å²) in [6.45, 7) is 6.01. The molecule has 0 bridgehead atoms. The van der Waals surface area contributed by atoms with Crippen LogP contribution in [0.2, 0.25) is 5.02 Å². The maximum Gasteiger partial charge on any atom is 0.166 e. The lowest BCUT2D eigenvalue weighted by Gasteiger charge is -2.25. The molecule has 0 aliphatic heterocycles. The molecule has 0 aliphatic carbocycles. The minimum absolute atomic E-state index is 0.165. The van der Waals surface area contributed by atoms with Crippen LogP contribution in [0.25, 0.3) is 0 Å². The molecule has 0 aliphatic rings. The van der Waals surface area contributed by atoms with E-state index < -0.39 is 5.82 Å². The van der Waals surface area contributed by atoms with Crippen LogP contribution in [0.1, 0.15) is 27.2 Å². The van der Waals surface area contributed by atoms with Crippen LogP contribution in [-0.4, -0.2) is 10.5 Å². The van der Waals surface area contributed by atoms with E-state index in [9.17, 15) is 4.39 Å². The second-order valence-corrected chi connectivity index (χ2v) is 4.28. The topological polar surface area (TPSA) is 24.9 Å². The highest BCUT2D eigenvalue weighted by atomic mass is 35.5. The molecular weight excluding hydrogens is 203 g/mol. The standard InChI is InChI=1S/C10H14ClFN2/c1-4-10(2,3)14-9-8(12)5-7(11)6-13-9/h5-6H,4H2,1-3H3,(H,13,14). The van der Waals surface area contributed by atoms with Gasteiger partial charge in [0.2, 0.25) is 0 Å². The van der Waals surface area contributed by atoms with Crippen LogP contribution >= 0.6 is 11.6 Å². The van der Waals surface area contributed by atoms with Crippen molar-refractivity contribution in [2.24, 2.45) is 0 Å². The van der Waals surface area contributed by atoms with Crippen molar-refractivity contribution in [2.45, 2.75) is 32.7 Å². The van der Waals surface area contributed by atoms with E-state index in [1.807, 2.05) is 20.8 Å². The van der Waals surface area contributed by atoms with Gasteiger partial charge in [0.15, 0.2) is 11.6 Å². The van der Waals surface area contributed by atoms with Crippen molar-refractivity contribution in [3.05, 3.63) is 23.1 Å². The number of rotatable bonds is 3. The second kappa shape index (κ2) is 4.13. The Bertz CT molecular complexity index is 326. The first-order valence-electron chi connectivity index (χ1n) is 4.54. The minimum Gasteiger partial charge on any atom is -0.363 e. The summed E-state index contributed by atoms with van der Waals surface area (Å²) in [7, 11) is 0. The highest BCUT2D eigenvalue weighted by Gasteiger charge is 2.17. The average Bonchev–Trinajstić information content (AvgIpc) is 2.10. The molecule has 14 heavy (non-hydrogen) atoms. The van der Waals surface area contributed by atoms with Gasteiger partial charge in [-0.2, -0.15) is 0 Å². The quantitative estimate of drug-likeness (QED) is 0.837. The Morgan fingerprint density at radius 3 is 2.71 bits per heavy atom. The molecule has 0 saturated heterocycles. The molecule has 0 fully saturated rings. The van der Waals surface area contributed by atoms with Gasteiger partial charge < -0.3 is 5.32 Å². The van der Waals surface area contributed by atoms with E-state index in [0.717, 1.165) is 6.42 Å². The third kappa shape index (κ3) is 2.84. The zero-order valence-corrected chi connectivity index (χ0v) is 9.32. The molecule has 0 unspecified atom stereocenters. The lowest BCUT2D eigenvalue weighted by Crippen LogP contribution is -2.30. The molecule has 1 N–H and O–H groups in total. The molecule has 1 rings (SSSR count). The van der Waals surface area contributed by atoms with E-state index in [1.54, 1.807) is 0 Å². The third-order valence-corrected chi connectivity index (χ3v) is 2.36. The Kier molecular flexibility index (Phi) is 3.32. The summed E-state index contributed by atoms with van der Waals surface area (Å²) in [6.07, 6.45) is 2.31. The summed E-state index contributed by atoms with van der Waals surface area (Å²) in [5.74, 6) is -0.166. The van der Waals surface area contributed by atoms with Gasteiger partial charge in [-0.15, -0.1) is 0 Å². The van der Waals surface area contributed by atoms with Crippen molar-refractivity contribution in [3.8, 4) is 0 Å². The van der Waals surface area contributed by atoms with Crippen molar-refractivity contribution in [1.29, 1.82) is 0 Å². The highest BCUT2D eigenvalue weighted by molar-refractivity contribution is 6.30. The first-order valence-corrected chi connectivity index (χ1v) is 4.91. The molecule has 78 valence electrons. The molecule has 0 radical (unpaired) electrons. The number of anilines is 1. The van der Waals surface area contributed by atoms with Crippen LogP contribution < -0.4 is 5.32 Å². The number of hydrogen-bond donors (Lipinski definition) is 1. The number of hydrogen-bond acceptors (Lipinski definition) is 2. The predicted molar refractivity (Wildman–Crippen MR) is 57.2 cm³/mol. The summed E-state index contributed by atoms with van der Waals surface area (Å²) in [5, 5.41) is 3.33. The van der Waals surface area contributed by atoms with Crippen molar-refractivity contribution in [1.82, 2.24) is 4.98 Å². The molecule has 1 aromatic heterocycles. The summed E-state index contributed by atoms with van der Waals surface area (Å²) in [5.41, 5.74) is -0.165. The number of halogens is 2. The van der Waals surface area contributed by atoms with Crippen molar-refractivity contribution in [2.75, 3.05) is 5.32 Å². The molecule has 0 amide bonds. The first-order chi connectivity index (χ1) is 6.44. The summed E-state index contributed by atoms with van der Waals surface area (Å²) >= 11 is 5.59. The van der Waals surface area contributed by atoms with Gasteiger partial charge in [0, 0.05) is 11.7 Å². The van der Waals surface area contributed by atoms with E-state index in [1.165, 1.54) is 12.3 Å². The summed E-state index contributed by atoms with van der Waals surface area (Å²) in [4.78, 5) is 3.89. The fourth-order valence-electron chi connectivity index (χ4n) is 0.915. The van der Waals surface area contributed by atoms with Crippen molar-refractivity contribution < 1.29 is 4.39 Å². The maximum atomic E-state index is 13.3. The second-order valence-electron chi connectivity index (χ2n) is 3.85. The predicted octanol–water partition coefficient (Wildman–Crippen LogP) is 3.47. The fourth-order valence-corrected chi connectivity index (χ4v) is 1.06. The monoisotopic (exact) mass is 216 g/mol. The molecule has 0 spiro atoms. The van der Waals surface area contributed by atoms with Crippen LogP contribution in [0.15, 0.2) is 12.3 Å². The Hall–Kier alpha value is -0.830. The number of aromatic nitrogens is 1. The number of nitrogens with zero attached hydrogens (tertiary/aromatic N) is 1. The van der Waals surface area contributed by atoms with Crippen LogP contribution in [0.3, 0.4) is 0 Å². The highest BCUT2D eigenvalue weighted by Crippen LogP contribution is 2.20. The van der Waals surface area contributed by atoms with E-state index >= 15 is 0 Å². The van der Waals surface area contributed by atoms with Crippen LogP contribution in [0, 0.1) is 5.82 Å². The molecule has 1 aromatic rings. The van der Waals surface area contributed by atoms with Gasteiger partial charge in [-0.1, -0.05) is 18.5 Å². The van der Waals surface area contributed by atoms with Crippen LogP contribution in [0.4, 0.5) is 10.2 Å². The molecule has 1 heterocycles. The van der Waals surface area contributed by atoms with Gasteiger partial charge in [0.1, 0.15) is 0 Å². The van der Waals surface area contributed by atoms with E-state index in [4.69, 9.17) is 11.6 Å². The Labute approximate surface area is 88.5 Å². The van der Waals surface area contributed by atoms with Crippen molar-refractivity contribution in [3.63, 3.8) is 0 Å². The molecular formula is C10H14ClFN2. The maximum absolute atomic E-state index is 13.3. The Morgan fingerprint density at radius 2 is 2.21 bits per heavy atom. The number of pyridine rings is 1. The molecule has 2 nitrogen and oxygen atoms in total. The largest absolute Gasteiger partial charge is 0.363 e. The fraction of sp³-hybridized carbons (Fsp3) is 0.500. The van der Waals surface area contributed by atoms with Crippen LogP contribution in [0.5, 0.6) is 0 Å². The molecule has 4 heteroatoms. The van der Waals surface area contributed by atoms with E-state index in [2.05, 4.69) is 10.3 Å². The molecule has 0 aromatic carbocycles. The summed E-state index contributed by atoms with van der Waals surface area (Å²) in [6, 6.07) is 1.25. The SMILES string of the molecule is CCC(C)(C)Nc1ncc(Cl)cc1F. The zero-order chi connectivity index (χ0) is 10.8. The van der Waals surface area contributed by atoms with Gasteiger partial charge in [0.05, 0.1) is 5.02 Å². The van der Waals surface area contributed by atoms with Gasteiger partial charge >= 0.3 is 0 Å². The molecule has 0 atom stereocenters. The van der Waals surface area contributed by atoms with Gasteiger partial charge in [-0.25, -0.2) is 9.37 Å². The number of nitrogens with one attached hydrogen (secondary N) is 1. The summed E-state index contributed by atoms with van der Waals surface area (Å²) < 4.78 is 13.3. The first kappa shape index (κ1) is 11.2. The Balaban J connectivity index is 2.87. The van der Waals surface area contributed by atoms with Crippen LogP contribution in [-0.2, 0) is 0 Å². The normalized spacial score (nSPS) is 11.5. The van der Waals surface area contributed by atoms with Gasteiger partial charge in [0.25, 0.3) is 0 Å². The smallest absolute Gasteiger partial charge is 0.166 e. The Morgan fingerprint density at radius 1 is 1.57 bits per heavy atom. The average molecular weight is 217 g/mol. The van der Waals surface area contributed by atoms with Gasteiger partial charge in [-0.3, -0.25) is 0 Å². The lowest BCUT2D eigenvalue weighted by molar-refractivity contribution is 0.533. The lowest BCUT2D eigenvalue weighted by atomic mass is 10.0. The minimum atomic E-state index is -0.418. The van der Waals surface area contributed by atoms with Gasteiger partial charge in [-0.05, 0) is 26.3 Å².